The van der Waals surface area contributed by atoms with Crippen LogP contribution < -0.4 is 14.9 Å². The second-order valence-corrected chi connectivity index (χ2v) is 11.8. The molecule has 12 heteroatoms. The first-order chi connectivity index (χ1) is 18.3. The van der Waals surface area contributed by atoms with Crippen molar-refractivity contribution < 1.29 is 17.6 Å². The molecule has 0 radical (unpaired) electrons. The molecular weight excluding hydrogens is 561 g/mol. The number of carbonyl (C=O) groups is 1. The van der Waals surface area contributed by atoms with Gasteiger partial charge in [0, 0.05) is 39.3 Å². The molecule has 0 aliphatic carbocycles. The number of para-hydroxylation sites is 1. The van der Waals surface area contributed by atoms with Crippen molar-refractivity contribution in [3.05, 3.63) is 83.7 Å². The summed E-state index contributed by atoms with van der Waals surface area (Å²) >= 11 is 1.49. The van der Waals surface area contributed by atoms with Crippen LogP contribution in [0.3, 0.4) is 0 Å². The van der Waals surface area contributed by atoms with Crippen LogP contribution in [0.5, 0.6) is 0 Å². The number of rotatable bonds is 8. The van der Waals surface area contributed by atoms with E-state index in [0.29, 0.717) is 13.1 Å². The molecule has 3 aromatic carbocycles. The molecule has 5 rings (SSSR count). The fraction of sp³-hybridized carbons (Fsp3) is 0.259. The van der Waals surface area contributed by atoms with Crippen LogP contribution in [-0.2, 0) is 10.0 Å². The summed E-state index contributed by atoms with van der Waals surface area (Å²) in [5, 5.41) is 3.80. The van der Waals surface area contributed by atoms with Crippen LogP contribution in [0.15, 0.2) is 71.6 Å². The van der Waals surface area contributed by atoms with Crippen LogP contribution in [0.4, 0.5) is 15.2 Å². The average molecular weight is 590 g/mol. The molecule has 1 amide bonds. The standard InChI is InChI=1S/C27H28FN5O3S2.ClH/c1-19-6-9-21(10-7-19)38(35,36)31-23-5-3-2-4-22(23)26(34)29-12-13-32-14-16-33(17-15-32)27-30-24-11-8-20(28)18-25(24)37-27;/h2-11,18,31H,12-17H2,1H3,(H,29,34);1H. The van der Waals surface area contributed by atoms with Crippen molar-refractivity contribution in [2.24, 2.45) is 0 Å². The van der Waals surface area contributed by atoms with Crippen molar-refractivity contribution in [3.8, 4) is 0 Å². The molecule has 0 bridgehead atoms. The van der Waals surface area contributed by atoms with Gasteiger partial charge in [-0.15, -0.1) is 12.4 Å². The molecule has 1 aliphatic rings. The van der Waals surface area contributed by atoms with Gasteiger partial charge in [-0.3, -0.25) is 14.4 Å². The molecule has 0 atom stereocenters. The zero-order valence-corrected chi connectivity index (χ0v) is 23.7. The number of piperazine rings is 1. The number of aromatic nitrogens is 1. The number of carbonyl (C=O) groups excluding carboxylic acids is 1. The first-order valence-electron chi connectivity index (χ1n) is 12.3. The minimum Gasteiger partial charge on any atom is -0.351 e. The van der Waals surface area contributed by atoms with Gasteiger partial charge in [-0.25, -0.2) is 17.8 Å². The highest BCUT2D eigenvalue weighted by molar-refractivity contribution is 7.92. The van der Waals surface area contributed by atoms with Crippen LogP contribution >= 0.6 is 23.7 Å². The fourth-order valence-corrected chi connectivity index (χ4v) is 6.42. The van der Waals surface area contributed by atoms with Crippen molar-refractivity contribution in [2.75, 3.05) is 48.9 Å². The maximum atomic E-state index is 13.5. The highest BCUT2D eigenvalue weighted by Gasteiger charge is 2.21. The van der Waals surface area contributed by atoms with Crippen LogP contribution in [0.1, 0.15) is 15.9 Å². The highest BCUT2D eigenvalue weighted by Crippen LogP contribution is 2.30. The highest BCUT2D eigenvalue weighted by atomic mass is 35.5. The third-order valence-electron chi connectivity index (χ3n) is 6.44. The molecule has 39 heavy (non-hydrogen) atoms. The smallest absolute Gasteiger partial charge is 0.261 e. The van der Waals surface area contributed by atoms with Gasteiger partial charge in [0.05, 0.1) is 26.4 Å². The second-order valence-electron chi connectivity index (χ2n) is 9.16. The van der Waals surface area contributed by atoms with Gasteiger partial charge in [-0.1, -0.05) is 41.2 Å². The van der Waals surface area contributed by atoms with E-state index in [-0.39, 0.29) is 40.3 Å². The van der Waals surface area contributed by atoms with Crippen LogP contribution in [0, 0.1) is 12.7 Å². The zero-order valence-electron chi connectivity index (χ0n) is 21.3. The predicted molar refractivity (Wildman–Crippen MR) is 156 cm³/mol. The van der Waals surface area contributed by atoms with Crippen LogP contribution in [0.25, 0.3) is 10.2 Å². The molecule has 4 aromatic rings. The normalized spacial score (nSPS) is 14.2. The lowest BCUT2D eigenvalue weighted by atomic mass is 10.1. The molecule has 1 aliphatic heterocycles. The van der Waals surface area contributed by atoms with Crippen LogP contribution in [0.2, 0.25) is 0 Å². The lowest BCUT2D eigenvalue weighted by molar-refractivity contribution is 0.0948. The summed E-state index contributed by atoms with van der Waals surface area (Å²) in [6, 6.07) is 17.8. The summed E-state index contributed by atoms with van der Waals surface area (Å²) in [4.78, 5) is 22.1. The van der Waals surface area contributed by atoms with Crippen molar-refractivity contribution >= 4 is 60.7 Å². The molecule has 0 unspecified atom stereocenters. The topological polar surface area (TPSA) is 94.6 Å². The van der Waals surface area contributed by atoms with E-state index in [2.05, 4.69) is 24.8 Å². The molecule has 8 nitrogen and oxygen atoms in total. The maximum absolute atomic E-state index is 13.5. The van der Waals surface area contributed by atoms with Gasteiger partial charge < -0.3 is 10.2 Å². The van der Waals surface area contributed by atoms with Gasteiger partial charge in [0.1, 0.15) is 5.82 Å². The summed E-state index contributed by atoms with van der Waals surface area (Å²) in [5.41, 5.74) is 2.26. The largest absolute Gasteiger partial charge is 0.351 e. The molecule has 1 saturated heterocycles. The van der Waals surface area contributed by atoms with Gasteiger partial charge in [0.2, 0.25) is 0 Å². The Kier molecular flexibility index (Phi) is 9.06. The Bertz CT molecular complexity index is 1560. The minimum atomic E-state index is -3.83. The number of halogens is 2. The van der Waals surface area contributed by atoms with Gasteiger partial charge in [0.15, 0.2) is 5.13 Å². The van der Waals surface area contributed by atoms with E-state index in [9.17, 15) is 17.6 Å². The van der Waals surface area contributed by atoms with Crippen molar-refractivity contribution in [1.82, 2.24) is 15.2 Å². The minimum absolute atomic E-state index is 0. The Labute approximate surface area is 237 Å². The number of fused-ring (bicyclic) bond motifs is 1. The summed E-state index contributed by atoms with van der Waals surface area (Å²) in [6.07, 6.45) is 0. The number of benzene rings is 3. The van der Waals surface area contributed by atoms with Gasteiger partial charge in [-0.2, -0.15) is 0 Å². The second kappa shape index (κ2) is 12.3. The van der Waals surface area contributed by atoms with E-state index in [1.807, 2.05) is 6.92 Å². The van der Waals surface area contributed by atoms with Gasteiger partial charge in [0.25, 0.3) is 15.9 Å². The van der Waals surface area contributed by atoms with Crippen molar-refractivity contribution in [1.29, 1.82) is 0 Å². The van der Waals surface area contributed by atoms with Crippen molar-refractivity contribution in [3.63, 3.8) is 0 Å². The number of nitrogens with one attached hydrogen (secondary N) is 2. The number of amides is 1. The van der Waals surface area contributed by atoms with E-state index in [1.165, 1.54) is 35.6 Å². The molecule has 2 heterocycles. The van der Waals surface area contributed by atoms with E-state index < -0.39 is 10.0 Å². The quantitative estimate of drug-likeness (QED) is 0.314. The molecule has 1 fully saturated rings. The Morgan fingerprint density at radius 2 is 1.74 bits per heavy atom. The monoisotopic (exact) mass is 589 g/mol. The fourth-order valence-electron chi connectivity index (χ4n) is 4.30. The Balaban J connectivity index is 0.00000353. The predicted octanol–water partition coefficient (Wildman–Crippen LogP) is 4.52. The summed E-state index contributed by atoms with van der Waals surface area (Å²) in [6.45, 7) is 6.19. The zero-order chi connectivity index (χ0) is 26.7. The number of thiazole rings is 1. The molecule has 2 N–H and O–H groups in total. The Hall–Kier alpha value is -3.25. The number of hydrogen-bond acceptors (Lipinski definition) is 7. The SMILES string of the molecule is Cc1ccc(S(=O)(=O)Nc2ccccc2C(=O)NCCN2CCN(c3nc4ccc(F)cc4s3)CC2)cc1.Cl. The third-order valence-corrected chi connectivity index (χ3v) is 8.90. The maximum Gasteiger partial charge on any atom is 0.261 e. The summed E-state index contributed by atoms with van der Waals surface area (Å²) in [5.74, 6) is -0.599. The van der Waals surface area contributed by atoms with Gasteiger partial charge >= 0.3 is 0 Å². The van der Waals surface area contributed by atoms with E-state index in [0.717, 1.165) is 47.1 Å². The van der Waals surface area contributed by atoms with E-state index in [1.54, 1.807) is 42.5 Å². The Morgan fingerprint density at radius 1 is 1.03 bits per heavy atom. The molecular formula is C27H29ClFN5O3S2. The van der Waals surface area contributed by atoms with E-state index >= 15 is 0 Å². The lowest BCUT2D eigenvalue weighted by Gasteiger charge is -2.34. The number of hydrogen-bond donors (Lipinski definition) is 2. The molecule has 206 valence electrons. The number of sulfonamides is 1. The molecule has 1 aromatic heterocycles. The van der Waals surface area contributed by atoms with Crippen LogP contribution in [-0.4, -0.2) is 63.5 Å². The lowest BCUT2D eigenvalue weighted by Crippen LogP contribution is -2.48. The van der Waals surface area contributed by atoms with Gasteiger partial charge in [-0.05, 0) is 49.4 Å². The summed E-state index contributed by atoms with van der Waals surface area (Å²) in [7, 11) is -3.83. The third kappa shape index (κ3) is 6.85. The molecule has 0 spiro atoms. The first kappa shape index (κ1) is 28.8. The Morgan fingerprint density at radius 3 is 2.49 bits per heavy atom. The average Bonchev–Trinajstić information content (AvgIpc) is 3.32. The first-order valence-corrected chi connectivity index (χ1v) is 14.6. The molecule has 0 saturated carbocycles. The summed E-state index contributed by atoms with van der Waals surface area (Å²) < 4.78 is 42.5. The van der Waals surface area contributed by atoms with E-state index in [4.69, 9.17) is 0 Å². The number of nitrogens with zero attached hydrogens (tertiary/aromatic N) is 3. The van der Waals surface area contributed by atoms with Crippen molar-refractivity contribution in [2.45, 2.75) is 11.8 Å². The number of aryl methyl sites for hydroxylation is 1. The number of anilines is 2.